The lowest BCUT2D eigenvalue weighted by atomic mass is 9.80. The number of nitrogens with zero attached hydrogens (tertiary/aromatic N) is 2. The molecule has 1 aliphatic rings. The fourth-order valence-corrected chi connectivity index (χ4v) is 3.39. The summed E-state index contributed by atoms with van der Waals surface area (Å²) in [6.07, 6.45) is -0.604. The molecule has 1 atom stereocenters. The highest BCUT2D eigenvalue weighted by atomic mass is 19.3. The maximum atomic E-state index is 13.1. The second-order valence-electron chi connectivity index (χ2n) is 7.02. The van der Waals surface area contributed by atoms with Gasteiger partial charge >= 0.3 is 0 Å². The first-order valence-corrected chi connectivity index (χ1v) is 7.97. The Morgan fingerprint density at radius 1 is 1.42 bits per heavy atom. The Bertz CT molecular complexity index is 796. The normalized spacial score (nSPS) is 18.7. The lowest BCUT2D eigenvalue weighted by molar-refractivity contribution is 0.101. The number of carbonyl (C=O) groups excluding carboxylic acids is 1. The molecule has 1 aliphatic carbocycles. The number of halogens is 2. The molecule has 1 aromatic heterocycles. The van der Waals surface area contributed by atoms with E-state index in [2.05, 4.69) is 37.3 Å². The Labute approximate surface area is 139 Å². The number of aryl methyl sites for hydroxylation is 1. The second-order valence-corrected chi connectivity index (χ2v) is 7.02. The molecule has 24 heavy (non-hydrogen) atoms. The van der Waals surface area contributed by atoms with Gasteiger partial charge in [-0.15, -0.1) is 0 Å². The zero-order chi connectivity index (χ0) is 17.6. The first-order chi connectivity index (χ1) is 11.2. The summed E-state index contributed by atoms with van der Waals surface area (Å²) in [6.45, 7) is 6.55. The molecule has 0 saturated carbocycles. The first kappa shape index (κ1) is 16.6. The average Bonchev–Trinajstić information content (AvgIpc) is 3.00. The fraction of sp³-hybridized carbons (Fsp3) is 0.444. The van der Waals surface area contributed by atoms with Crippen molar-refractivity contribution in [1.29, 1.82) is 0 Å². The molecule has 1 amide bonds. The summed E-state index contributed by atoms with van der Waals surface area (Å²) in [5.41, 5.74) is 2.43. The minimum absolute atomic E-state index is 0.0263. The number of benzene rings is 1. The minimum atomic E-state index is -2.78. The van der Waals surface area contributed by atoms with Crippen LogP contribution in [0.1, 0.15) is 54.4 Å². The highest BCUT2D eigenvalue weighted by molar-refractivity contribution is 6.05. The van der Waals surface area contributed by atoms with Gasteiger partial charge in [0.05, 0.1) is 5.56 Å². The summed E-state index contributed by atoms with van der Waals surface area (Å²) < 4.78 is 27.3. The van der Waals surface area contributed by atoms with Gasteiger partial charge in [0, 0.05) is 18.9 Å². The molecule has 0 bridgehead atoms. The molecule has 1 heterocycles. The Morgan fingerprint density at radius 2 is 2.12 bits per heavy atom. The van der Waals surface area contributed by atoms with Crippen LogP contribution in [-0.4, -0.2) is 15.7 Å². The van der Waals surface area contributed by atoms with E-state index in [9.17, 15) is 13.6 Å². The number of hydrogen-bond donors (Lipinski definition) is 1. The van der Waals surface area contributed by atoms with Crippen LogP contribution in [0.5, 0.6) is 0 Å². The number of fused-ring (bicyclic) bond motifs is 1. The Hall–Kier alpha value is -2.24. The smallest absolute Gasteiger partial charge is 0.282 e. The van der Waals surface area contributed by atoms with E-state index >= 15 is 0 Å². The molecule has 128 valence electrons. The highest BCUT2D eigenvalue weighted by Crippen LogP contribution is 2.45. The summed E-state index contributed by atoms with van der Waals surface area (Å²) in [4.78, 5) is 12.5. The first-order valence-electron chi connectivity index (χ1n) is 7.97. The van der Waals surface area contributed by atoms with Crippen molar-refractivity contribution in [2.45, 2.75) is 39.0 Å². The van der Waals surface area contributed by atoms with E-state index in [-0.39, 0.29) is 11.0 Å². The van der Waals surface area contributed by atoms with Gasteiger partial charge in [-0.2, -0.15) is 5.10 Å². The molecular weight excluding hydrogens is 312 g/mol. The van der Waals surface area contributed by atoms with Crippen molar-refractivity contribution in [3.8, 4) is 0 Å². The molecule has 0 radical (unpaired) electrons. The van der Waals surface area contributed by atoms with Crippen LogP contribution in [-0.2, 0) is 18.9 Å². The number of aromatic nitrogens is 2. The van der Waals surface area contributed by atoms with Crippen molar-refractivity contribution in [1.82, 2.24) is 9.78 Å². The quantitative estimate of drug-likeness (QED) is 0.920. The third kappa shape index (κ3) is 2.60. The third-order valence-corrected chi connectivity index (χ3v) is 5.17. The largest absolute Gasteiger partial charge is 0.322 e. The van der Waals surface area contributed by atoms with Gasteiger partial charge in [-0.1, -0.05) is 32.9 Å². The summed E-state index contributed by atoms with van der Waals surface area (Å²) in [7, 11) is 1.52. The van der Waals surface area contributed by atoms with E-state index < -0.39 is 18.0 Å². The number of hydrogen-bond acceptors (Lipinski definition) is 2. The maximum absolute atomic E-state index is 13.1. The number of nitrogens with one attached hydrogen (secondary N) is 1. The minimum Gasteiger partial charge on any atom is -0.322 e. The van der Waals surface area contributed by atoms with Crippen LogP contribution in [0, 0.1) is 5.92 Å². The van der Waals surface area contributed by atoms with Gasteiger partial charge in [-0.25, -0.2) is 8.78 Å². The summed E-state index contributed by atoms with van der Waals surface area (Å²) >= 11 is 0. The number of carbonyl (C=O) groups is 1. The van der Waals surface area contributed by atoms with Gasteiger partial charge in [0.2, 0.25) is 0 Å². The monoisotopic (exact) mass is 333 g/mol. The van der Waals surface area contributed by atoms with Crippen molar-refractivity contribution in [2.75, 3.05) is 5.32 Å². The summed E-state index contributed by atoms with van der Waals surface area (Å²) in [5, 5.41) is 6.49. The van der Waals surface area contributed by atoms with Crippen LogP contribution >= 0.6 is 0 Å². The predicted octanol–water partition coefficient (Wildman–Crippen LogP) is 4.08. The number of rotatable bonds is 3. The SMILES string of the molecule is CC1Cc2c(NC(=O)c3cn(C)nc3C(F)F)cccc2C1(C)C. The van der Waals surface area contributed by atoms with Gasteiger partial charge in [-0.05, 0) is 34.9 Å². The van der Waals surface area contributed by atoms with E-state index in [0.717, 1.165) is 12.0 Å². The molecule has 4 nitrogen and oxygen atoms in total. The van der Waals surface area contributed by atoms with Gasteiger partial charge < -0.3 is 5.32 Å². The molecule has 2 aromatic rings. The van der Waals surface area contributed by atoms with Crippen LogP contribution in [0.2, 0.25) is 0 Å². The third-order valence-electron chi connectivity index (χ3n) is 5.17. The van der Waals surface area contributed by atoms with Crippen LogP contribution in [0.3, 0.4) is 0 Å². The van der Waals surface area contributed by atoms with Gasteiger partial charge in [-0.3, -0.25) is 9.48 Å². The second kappa shape index (κ2) is 5.69. The van der Waals surface area contributed by atoms with Gasteiger partial charge in [0.25, 0.3) is 12.3 Å². The molecule has 0 fully saturated rings. The zero-order valence-corrected chi connectivity index (χ0v) is 14.2. The predicted molar refractivity (Wildman–Crippen MR) is 88.5 cm³/mol. The van der Waals surface area contributed by atoms with E-state index in [1.807, 2.05) is 12.1 Å². The maximum Gasteiger partial charge on any atom is 0.282 e. The molecule has 0 spiro atoms. The Morgan fingerprint density at radius 3 is 2.79 bits per heavy atom. The van der Waals surface area contributed by atoms with Gasteiger partial charge in [0.1, 0.15) is 5.69 Å². The lowest BCUT2D eigenvalue weighted by Gasteiger charge is -2.25. The molecule has 1 aromatic carbocycles. The fourth-order valence-electron chi connectivity index (χ4n) is 3.39. The highest BCUT2D eigenvalue weighted by Gasteiger charge is 2.37. The Balaban J connectivity index is 1.94. The van der Waals surface area contributed by atoms with Crippen LogP contribution in [0.25, 0.3) is 0 Å². The molecule has 6 heteroatoms. The standard InChI is InChI=1S/C18H21F2N3O/c1-10-8-11-13(18(10,2)3)6-5-7-14(11)21-17(24)12-9-23(4)22-15(12)16(19)20/h5-7,9-10,16H,8H2,1-4H3,(H,21,24). The molecule has 1 N–H and O–H groups in total. The van der Waals surface area contributed by atoms with E-state index in [0.29, 0.717) is 11.6 Å². The number of anilines is 1. The van der Waals surface area contributed by atoms with Crippen LogP contribution in [0.4, 0.5) is 14.5 Å². The number of alkyl halides is 2. The van der Waals surface area contributed by atoms with Crippen molar-refractivity contribution in [3.63, 3.8) is 0 Å². The molecule has 1 unspecified atom stereocenters. The topological polar surface area (TPSA) is 46.9 Å². The van der Waals surface area contributed by atoms with Crippen molar-refractivity contribution < 1.29 is 13.6 Å². The lowest BCUT2D eigenvalue weighted by Crippen LogP contribution is -2.21. The van der Waals surface area contributed by atoms with Crippen LogP contribution < -0.4 is 5.32 Å². The molecule has 0 aliphatic heterocycles. The summed E-state index contributed by atoms with van der Waals surface area (Å²) in [6, 6.07) is 5.79. The van der Waals surface area contributed by atoms with Crippen LogP contribution in [0.15, 0.2) is 24.4 Å². The zero-order valence-electron chi connectivity index (χ0n) is 14.2. The Kier molecular flexibility index (Phi) is 3.94. The van der Waals surface area contributed by atoms with Crippen molar-refractivity contribution in [2.24, 2.45) is 13.0 Å². The average molecular weight is 333 g/mol. The van der Waals surface area contributed by atoms with Crippen molar-refractivity contribution >= 4 is 11.6 Å². The van der Waals surface area contributed by atoms with Crippen molar-refractivity contribution in [3.05, 3.63) is 46.8 Å². The molecule has 0 saturated heterocycles. The molecule has 3 rings (SSSR count). The number of amides is 1. The summed E-state index contributed by atoms with van der Waals surface area (Å²) in [5.74, 6) is -0.107. The van der Waals surface area contributed by atoms with E-state index in [1.165, 1.54) is 23.5 Å². The molecular formula is C18H21F2N3O. The van der Waals surface area contributed by atoms with Gasteiger partial charge in [0.15, 0.2) is 0 Å². The van der Waals surface area contributed by atoms with E-state index in [1.54, 1.807) is 0 Å². The van der Waals surface area contributed by atoms with E-state index in [4.69, 9.17) is 0 Å².